The van der Waals surface area contributed by atoms with E-state index in [1.165, 1.54) is 11.8 Å². The molecule has 3 rings (SSSR count). The van der Waals surface area contributed by atoms with Crippen molar-refractivity contribution in [2.24, 2.45) is 7.05 Å². The fraction of sp³-hybridized carbons (Fsp3) is 0.333. The molecule has 0 saturated heterocycles. The maximum Gasteiger partial charge on any atom is 0.175 e. The van der Waals surface area contributed by atoms with E-state index < -0.39 is 9.84 Å². The van der Waals surface area contributed by atoms with Crippen molar-refractivity contribution in [1.29, 1.82) is 0 Å². The van der Waals surface area contributed by atoms with E-state index in [2.05, 4.69) is 24.0 Å². The molecule has 0 bridgehead atoms. The first-order valence-corrected chi connectivity index (χ1v) is 10.9. The van der Waals surface area contributed by atoms with Crippen molar-refractivity contribution in [3.05, 3.63) is 53.3 Å². The molecule has 1 atom stereocenters. The van der Waals surface area contributed by atoms with Gasteiger partial charge in [0.1, 0.15) is 5.01 Å². The predicted octanol–water partition coefficient (Wildman–Crippen LogP) is 3.14. The summed E-state index contributed by atoms with van der Waals surface area (Å²) in [5, 5.41) is 7.17. The fourth-order valence-corrected chi connectivity index (χ4v) is 4.11. The van der Waals surface area contributed by atoms with Crippen molar-refractivity contribution < 1.29 is 8.42 Å². The number of hydrogen-bond donors (Lipinski definition) is 0. The average molecular weight is 391 g/mol. The van der Waals surface area contributed by atoms with Crippen LogP contribution in [-0.4, -0.2) is 41.4 Å². The van der Waals surface area contributed by atoms with Gasteiger partial charge in [0.2, 0.25) is 0 Å². The number of benzene rings is 1. The van der Waals surface area contributed by atoms with Gasteiger partial charge in [0.25, 0.3) is 0 Å². The van der Waals surface area contributed by atoms with Crippen molar-refractivity contribution in [3.8, 4) is 10.6 Å². The zero-order valence-electron chi connectivity index (χ0n) is 15.2. The molecule has 26 heavy (non-hydrogen) atoms. The van der Waals surface area contributed by atoms with Gasteiger partial charge in [-0.15, -0.1) is 11.3 Å². The third-order valence-electron chi connectivity index (χ3n) is 4.36. The van der Waals surface area contributed by atoms with Crippen LogP contribution in [0, 0.1) is 0 Å². The first-order chi connectivity index (χ1) is 12.2. The first-order valence-electron chi connectivity index (χ1n) is 8.17. The van der Waals surface area contributed by atoms with E-state index in [9.17, 15) is 8.42 Å². The zero-order valence-corrected chi connectivity index (χ0v) is 16.9. The smallest absolute Gasteiger partial charge is 0.175 e. The molecule has 0 amide bonds. The van der Waals surface area contributed by atoms with Crippen molar-refractivity contribution in [3.63, 3.8) is 0 Å². The van der Waals surface area contributed by atoms with Crippen molar-refractivity contribution >= 4 is 21.2 Å². The quantitative estimate of drug-likeness (QED) is 0.647. The van der Waals surface area contributed by atoms with Gasteiger partial charge in [-0.3, -0.25) is 9.58 Å². The lowest BCUT2D eigenvalue weighted by Crippen LogP contribution is -2.21. The molecule has 0 radical (unpaired) electrons. The molecule has 0 unspecified atom stereocenters. The van der Waals surface area contributed by atoms with Crippen molar-refractivity contribution in [2.45, 2.75) is 24.4 Å². The summed E-state index contributed by atoms with van der Waals surface area (Å²) < 4.78 is 24.9. The van der Waals surface area contributed by atoms with Gasteiger partial charge >= 0.3 is 0 Å². The molecule has 0 N–H and O–H groups in total. The van der Waals surface area contributed by atoms with Crippen LogP contribution in [0.4, 0.5) is 0 Å². The van der Waals surface area contributed by atoms with Gasteiger partial charge in [0.15, 0.2) is 9.84 Å². The monoisotopic (exact) mass is 390 g/mol. The van der Waals surface area contributed by atoms with Crippen LogP contribution in [-0.2, 0) is 23.4 Å². The van der Waals surface area contributed by atoms with Crippen LogP contribution in [0.1, 0.15) is 24.2 Å². The molecule has 2 heterocycles. The molecular weight excluding hydrogens is 368 g/mol. The molecule has 2 aromatic heterocycles. The van der Waals surface area contributed by atoms with Crippen LogP contribution < -0.4 is 0 Å². The summed E-state index contributed by atoms with van der Waals surface area (Å²) in [7, 11) is 0.805. The van der Waals surface area contributed by atoms with E-state index in [0.29, 0.717) is 4.90 Å². The van der Waals surface area contributed by atoms with Gasteiger partial charge in [0.05, 0.1) is 16.8 Å². The maximum atomic E-state index is 11.6. The molecule has 0 aliphatic heterocycles. The minimum atomic E-state index is -3.18. The van der Waals surface area contributed by atoms with Crippen LogP contribution in [0.15, 0.2) is 46.9 Å². The second-order valence-corrected chi connectivity index (χ2v) is 9.35. The summed E-state index contributed by atoms with van der Waals surface area (Å²) in [5.41, 5.74) is 3.09. The van der Waals surface area contributed by atoms with E-state index in [1.54, 1.807) is 40.3 Å². The number of rotatable bonds is 6. The third-order valence-corrected chi connectivity index (χ3v) is 6.43. The highest BCUT2D eigenvalue weighted by Gasteiger charge is 2.15. The molecular formula is C18H22N4O2S2. The van der Waals surface area contributed by atoms with E-state index in [1.807, 2.05) is 24.8 Å². The topological polar surface area (TPSA) is 68.1 Å². The molecule has 3 aromatic rings. The Kier molecular flexibility index (Phi) is 5.27. The molecule has 6 nitrogen and oxygen atoms in total. The molecule has 0 aliphatic rings. The predicted molar refractivity (Wildman–Crippen MR) is 104 cm³/mol. The number of thiazole rings is 1. The standard InChI is InChI=1S/C18H22N4O2S2/c1-13(15-9-19-22(3)10-15)21(2)11-16-12-25-18(20-16)14-5-7-17(8-6-14)26(4,23)24/h5-10,12-13H,11H2,1-4H3/t13-/m0/s1. The van der Waals surface area contributed by atoms with E-state index >= 15 is 0 Å². The number of nitrogens with zero attached hydrogens (tertiary/aromatic N) is 4. The van der Waals surface area contributed by atoms with E-state index in [-0.39, 0.29) is 6.04 Å². The normalized spacial score (nSPS) is 13.3. The lowest BCUT2D eigenvalue weighted by atomic mass is 10.1. The van der Waals surface area contributed by atoms with Gasteiger partial charge in [-0.25, -0.2) is 13.4 Å². The molecule has 0 saturated carbocycles. The van der Waals surface area contributed by atoms with Crippen LogP contribution >= 0.6 is 11.3 Å². The Morgan fingerprint density at radius 1 is 1.27 bits per heavy atom. The number of aryl methyl sites for hydroxylation is 1. The SMILES string of the molecule is C[C@@H](c1cnn(C)c1)N(C)Cc1csc(-c2ccc(S(C)(=O)=O)cc2)n1. The van der Waals surface area contributed by atoms with Gasteiger partial charge in [-0.2, -0.15) is 5.10 Å². The van der Waals surface area contributed by atoms with Crippen LogP contribution in [0.3, 0.4) is 0 Å². The summed E-state index contributed by atoms with van der Waals surface area (Å²) in [6.45, 7) is 2.88. The Morgan fingerprint density at radius 2 is 1.96 bits per heavy atom. The Labute approximate surface area is 158 Å². The molecule has 0 fully saturated rings. The second-order valence-electron chi connectivity index (χ2n) is 6.48. The number of sulfone groups is 1. The Bertz CT molecular complexity index is 990. The van der Waals surface area contributed by atoms with E-state index in [0.717, 1.165) is 22.8 Å². The third kappa shape index (κ3) is 4.20. The van der Waals surface area contributed by atoms with Crippen LogP contribution in [0.2, 0.25) is 0 Å². The largest absolute Gasteiger partial charge is 0.294 e. The molecule has 0 aliphatic carbocycles. The fourth-order valence-electron chi connectivity index (χ4n) is 2.66. The summed E-state index contributed by atoms with van der Waals surface area (Å²) in [6.07, 6.45) is 5.12. The lowest BCUT2D eigenvalue weighted by Gasteiger charge is -2.22. The van der Waals surface area contributed by atoms with Gasteiger partial charge in [-0.05, 0) is 26.1 Å². The molecule has 1 aromatic carbocycles. The Hall–Kier alpha value is -2.03. The number of hydrogen-bond acceptors (Lipinski definition) is 6. The molecule has 8 heteroatoms. The van der Waals surface area contributed by atoms with Crippen LogP contribution in [0.25, 0.3) is 10.6 Å². The van der Waals surface area contributed by atoms with Gasteiger partial charge in [0, 0.05) is 48.6 Å². The summed E-state index contributed by atoms with van der Waals surface area (Å²) >= 11 is 1.57. The highest BCUT2D eigenvalue weighted by Crippen LogP contribution is 2.27. The maximum absolute atomic E-state index is 11.6. The lowest BCUT2D eigenvalue weighted by molar-refractivity contribution is 0.250. The number of aromatic nitrogens is 3. The Morgan fingerprint density at radius 3 is 2.54 bits per heavy atom. The summed E-state index contributed by atoms with van der Waals surface area (Å²) in [4.78, 5) is 7.25. The van der Waals surface area contributed by atoms with Crippen molar-refractivity contribution in [1.82, 2.24) is 19.7 Å². The highest BCUT2D eigenvalue weighted by atomic mass is 32.2. The van der Waals surface area contributed by atoms with Crippen LogP contribution in [0.5, 0.6) is 0 Å². The second kappa shape index (κ2) is 7.30. The van der Waals surface area contributed by atoms with Gasteiger partial charge < -0.3 is 0 Å². The summed E-state index contributed by atoms with van der Waals surface area (Å²) in [6, 6.07) is 7.11. The molecule has 0 spiro atoms. The van der Waals surface area contributed by atoms with Gasteiger partial charge in [-0.1, -0.05) is 12.1 Å². The first kappa shape index (κ1) is 18.8. The minimum absolute atomic E-state index is 0.239. The highest BCUT2D eigenvalue weighted by molar-refractivity contribution is 7.90. The van der Waals surface area contributed by atoms with E-state index in [4.69, 9.17) is 4.98 Å². The average Bonchev–Trinajstić information content (AvgIpc) is 3.22. The minimum Gasteiger partial charge on any atom is -0.294 e. The zero-order chi connectivity index (χ0) is 18.9. The Balaban J connectivity index is 1.71. The summed E-state index contributed by atoms with van der Waals surface area (Å²) in [5.74, 6) is 0. The molecule has 138 valence electrons. The van der Waals surface area contributed by atoms with Crippen molar-refractivity contribution in [2.75, 3.05) is 13.3 Å².